The van der Waals surface area contributed by atoms with Gasteiger partial charge in [-0.15, -0.1) is 10.2 Å². The molecule has 4 nitrogen and oxygen atoms in total. The monoisotopic (exact) mass is 286 g/mol. The third-order valence-corrected chi connectivity index (χ3v) is 4.63. The Morgan fingerprint density at radius 1 is 1.19 bits per heavy atom. The van der Waals surface area contributed by atoms with Crippen molar-refractivity contribution in [3.63, 3.8) is 0 Å². The summed E-state index contributed by atoms with van der Waals surface area (Å²) in [4.78, 5) is 0. The van der Waals surface area contributed by atoms with Crippen LogP contribution in [0.1, 0.15) is 30.1 Å². The van der Waals surface area contributed by atoms with Gasteiger partial charge in [-0.1, -0.05) is 0 Å². The Hall–Kier alpha value is -1.75. The minimum atomic E-state index is -0.162. The molecule has 0 saturated carbocycles. The fourth-order valence-electron chi connectivity index (χ4n) is 3.49. The number of nitrogens with one attached hydrogen (secondary N) is 1. The highest BCUT2D eigenvalue weighted by Gasteiger charge is 2.24. The Morgan fingerprint density at radius 3 is 2.90 bits per heavy atom. The smallest absolute Gasteiger partial charge is 0.137 e. The van der Waals surface area contributed by atoms with Crippen LogP contribution in [0.4, 0.5) is 4.39 Å². The average molecular weight is 286 g/mol. The summed E-state index contributed by atoms with van der Waals surface area (Å²) in [5.74, 6) is 2.55. The highest BCUT2D eigenvalue weighted by atomic mass is 19.1. The van der Waals surface area contributed by atoms with Crippen LogP contribution in [-0.4, -0.2) is 27.9 Å². The zero-order valence-corrected chi connectivity index (χ0v) is 12.0. The number of aromatic nitrogens is 3. The van der Waals surface area contributed by atoms with Crippen molar-refractivity contribution in [2.75, 3.05) is 13.1 Å². The molecule has 3 heterocycles. The average Bonchev–Trinajstić information content (AvgIpc) is 2.91. The molecule has 0 amide bonds. The summed E-state index contributed by atoms with van der Waals surface area (Å²) in [6, 6.07) is 5.04. The topological polar surface area (TPSA) is 42.7 Å². The van der Waals surface area contributed by atoms with Crippen molar-refractivity contribution in [2.45, 2.75) is 32.1 Å². The summed E-state index contributed by atoms with van der Waals surface area (Å²) in [5, 5.41) is 12.2. The van der Waals surface area contributed by atoms with E-state index in [1.165, 1.54) is 18.9 Å². The van der Waals surface area contributed by atoms with Gasteiger partial charge >= 0.3 is 0 Å². The lowest BCUT2D eigenvalue weighted by atomic mass is 9.94. The van der Waals surface area contributed by atoms with Crippen molar-refractivity contribution < 1.29 is 4.39 Å². The van der Waals surface area contributed by atoms with E-state index < -0.39 is 0 Å². The molecule has 0 aliphatic carbocycles. The van der Waals surface area contributed by atoms with Gasteiger partial charge in [0.1, 0.15) is 17.5 Å². The van der Waals surface area contributed by atoms with Gasteiger partial charge < -0.3 is 5.32 Å². The lowest BCUT2D eigenvalue weighted by Crippen LogP contribution is -2.29. The maximum absolute atomic E-state index is 13.4. The Labute approximate surface area is 123 Å². The molecule has 110 valence electrons. The highest BCUT2D eigenvalue weighted by molar-refractivity contribution is 5.45. The first kappa shape index (κ1) is 13.0. The van der Waals surface area contributed by atoms with Crippen molar-refractivity contribution in [2.24, 2.45) is 5.92 Å². The molecule has 0 atom stereocenters. The predicted molar refractivity (Wildman–Crippen MR) is 78.0 cm³/mol. The number of halogens is 1. The third kappa shape index (κ3) is 2.35. The van der Waals surface area contributed by atoms with Gasteiger partial charge in [-0.05, 0) is 62.0 Å². The molecule has 21 heavy (non-hydrogen) atoms. The molecule has 2 aromatic rings. The van der Waals surface area contributed by atoms with Crippen LogP contribution in [0.15, 0.2) is 18.2 Å². The number of hydrogen-bond acceptors (Lipinski definition) is 3. The molecular weight excluding hydrogens is 267 g/mol. The lowest BCUT2D eigenvalue weighted by Gasteiger charge is -2.24. The van der Waals surface area contributed by atoms with Crippen LogP contribution in [0.2, 0.25) is 0 Å². The number of nitrogens with zero attached hydrogens (tertiary/aromatic N) is 3. The summed E-state index contributed by atoms with van der Waals surface area (Å²) in [5.41, 5.74) is 2.13. The fraction of sp³-hybridized carbons (Fsp3) is 0.500. The van der Waals surface area contributed by atoms with Crippen molar-refractivity contribution in [3.8, 4) is 5.69 Å². The first-order valence-electron chi connectivity index (χ1n) is 7.74. The molecule has 2 aliphatic rings. The second-order valence-electron chi connectivity index (χ2n) is 6.04. The Kier molecular flexibility index (Phi) is 3.22. The molecule has 5 heteroatoms. The molecular formula is C16H19FN4. The highest BCUT2D eigenvalue weighted by Crippen LogP contribution is 2.27. The summed E-state index contributed by atoms with van der Waals surface area (Å²) in [6.07, 6.45) is 5.04. The van der Waals surface area contributed by atoms with Crippen LogP contribution in [0.5, 0.6) is 0 Å². The molecule has 1 saturated heterocycles. The molecule has 0 spiro atoms. The van der Waals surface area contributed by atoms with Crippen LogP contribution in [-0.2, 0) is 19.3 Å². The molecule has 4 rings (SSSR count). The minimum absolute atomic E-state index is 0.162. The molecule has 1 aromatic heterocycles. The SMILES string of the molecule is Fc1ccc2c(c1)CCc1nnc(CC3CCNCC3)n1-2. The van der Waals surface area contributed by atoms with E-state index in [2.05, 4.69) is 20.1 Å². The molecule has 1 N–H and O–H groups in total. The van der Waals surface area contributed by atoms with Crippen molar-refractivity contribution in [3.05, 3.63) is 41.2 Å². The second kappa shape index (κ2) is 5.22. The zero-order valence-electron chi connectivity index (χ0n) is 12.0. The van der Waals surface area contributed by atoms with Crippen LogP contribution in [0.25, 0.3) is 5.69 Å². The standard InChI is InChI=1S/C16H19FN4/c17-13-2-3-14-12(10-13)1-4-15-19-20-16(21(14)15)9-11-5-7-18-8-6-11/h2-3,10-11,18H,1,4-9H2. The molecule has 0 unspecified atom stereocenters. The first-order chi connectivity index (χ1) is 10.3. The molecule has 1 aromatic carbocycles. The van der Waals surface area contributed by atoms with Crippen molar-refractivity contribution >= 4 is 0 Å². The van der Waals surface area contributed by atoms with E-state index in [1.54, 1.807) is 6.07 Å². The van der Waals surface area contributed by atoms with Gasteiger partial charge in [-0.25, -0.2) is 4.39 Å². The van der Waals surface area contributed by atoms with Gasteiger partial charge in [-0.3, -0.25) is 4.57 Å². The van der Waals surface area contributed by atoms with Crippen molar-refractivity contribution in [1.29, 1.82) is 0 Å². The third-order valence-electron chi connectivity index (χ3n) is 4.63. The summed E-state index contributed by atoms with van der Waals surface area (Å²) >= 11 is 0. The maximum atomic E-state index is 13.4. The van der Waals surface area contributed by atoms with Gasteiger partial charge in [0, 0.05) is 12.8 Å². The normalized spacial score (nSPS) is 18.3. The van der Waals surface area contributed by atoms with Crippen molar-refractivity contribution in [1.82, 2.24) is 20.1 Å². The van der Waals surface area contributed by atoms with Crippen LogP contribution >= 0.6 is 0 Å². The van der Waals surface area contributed by atoms with Crippen LogP contribution in [0.3, 0.4) is 0 Å². The van der Waals surface area contributed by atoms with E-state index in [1.807, 2.05) is 6.07 Å². The Bertz CT molecular complexity index is 658. The van der Waals surface area contributed by atoms with E-state index >= 15 is 0 Å². The molecule has 0 radical (unpaired) electrons. The minimum Gasteiger partial charge on any atom is -0.317 e. The summed E-state index contributed by atoms with van der Waals surface area (Å²) in [6.45, 7) is 2.18. The first-order valence-corrected chi connectivity index (χ1v) is 7.74. The molecule has 2 aliphatic heterocycles. The summed E-state index contributed by atoms with van der Waals surface area (Å²) in [7, 11) is 0. The Morgan fingerprint density at radius 2 is 2.05 bits per heavy atom. The second-order valence-corrected chi connectivity index (χ2v) is 6.04. The van der Waals surface area contributed by atoms with Gasteiger partial charge in [0.25, 0.3) is 0 Å². The maximum Gasteiger partial charge on any atom is 0.137 e. The number of fused-ring (bicyclic) bond motifs is 3. The van der Waals surface area contributed by atoms with Crippen LogP contribution in [0, 0.1) is 11.7 Å². The van der Waals surface area contributed by atoms with E-state index in [0.717, 1.165) is 55.3 Å². The van der Waals surface area contributed by atoms with Gasteiger partial charge in [0.15, 0.2) is 0 Å². The number of aryl methyl sites for hydroxylation is 2. The van der Waals surface area contributed by atoms with Gasteiger partial charge in [0.2, 0.25) is 0 Å². The van der Waals surface area contributed by atoms with Gasteiger partial charge in [-0.2, -0.15) is 0 Å². The van der Waals surface area contributed by atoms with Crippen LogP contribution < -0.4 is 5.32 Å². The van der Waals surface area contributed by atoms with Gasteiger partial charge in [0.05, 0.1) is 5.69 Å². The fourth-order valence-corrected chi connectivity index (χ4v) is 3.49. The zero-order chi connectivity index (χ0) is 14.2. The van der Waals surface area contributed by atoms with E-state index in [4.69, 9.17) is 0 Å². The predicted octanol–water partition coefficient (Wildman–Crippen LogP) is 2.05. The number of piperidine rings is 1. The Balaban J connectivity index is 1.69. The summed E-state index contributed by atoms with van der Waals surface area (Å²) < 4.78 is 15.6. The molecule has 0 bridgehead atoms. The number of benzene rings is 1. The largest absolute Gasteiger partial charge is 0.317 e. The van der Waals surface area contributed by atoms with E-state index in [-0.39, 0.29) is 5.82 Å². The lowest BCUT2D eigenvalue weighted by molar-refractivity contribution is 0.365. The van der Waals surface area contributed by atoms with E-state index in [0.29, 0.717) is 5.92 Å². The quantitative estimate of drug-likeness (QED) is 0.919. The van der Waals surface area contributed by atoms with E-state index in [9.17, 15) is 4.39 Å². The number of rotatable bonds is 2. The number of hydrogen-bond donors (Lipinski definition) is 1. The molecule has 1 fully saturated rings.